The van der Waals surface area contributed by atoms with Gasteiger partial charge in [0.1, 0.15) is 5.75 Å². The molecule has 0 saturated heterocycles. The zero-order valence-corrected chi connectivity index (χ0v) is 12.0. The largest absolute Gasteiger partial charge is 0.492 e. The highest BCUT2D eigenvalue weighted by atomic mass is 32.1. The fourth-order valence-corrected chi connectivity index (χ4v) is 2.73. The van der Waals surface area contributed by atoms with Gasteiger partial charge in [-0.15, -0.1) is 11.3 Å². The van der Waals surface area contributed by atoms with Crippen molar-refractivity contribution < 1.29 is 19.4 Å². The Morgan fingerprint density at radius 3 is 2.70 bits per heavy atom. The Bertz CT molecular complexity index is 563. The maximum Gasteiger partial charge on any atom is 0.351 e. The molecule has 1 aromatic heterocycles. The van der Waals surface area contributed by atoms with Gasteiger partial charge < -0.3 is 14.6 Å². The van der Waals surface area contributed by atoms with E-state index < -0.39 is 5.97 Å². The second-order valence-electron chi connectivity index (χ2n) is 4.09. The van der Waals surface area contributed by atoms with Crippen LogP contribution in [0.4, 0.5) is 0 Å². The number of hydrogen-bond donors (Lipinski definition) is 1. The summed E-state index contributed by atoms with van der Waals surface area (Å²) in [6.07, 6.45) is 0.525. The normalized spacial score (nSPS) is 10.3. The summed E-state index contributed by atoms with van der Waals surface area (Å²) >= 11 is 1.34. The minimum absolute atomic E-state index is 0.0588. The summed E-state index contributed by atoms with van der Waals surface area (Å²) in [5.74, 6) is 0.102. The zero-order chi connectivity index (χ0) is 14.4. The van der Waals surface area contributed by atoms with Gasteiger partial charge in [0.25, 0.3) is 0 Å². The smallest absolute Gasteiger partial charge is 0.351 e. The molecule has 0 atom stereocenters. The monoisotopic (exact) mass is 292 g/mol. The third-order valence-corrected chi connectivity index (χ3v) is 3.83. The first-order valence-corrected chi connectivity index (χ1v) is 7.09. The number of aliphatic hydroxyl groups excluding tert-OH is 1. The standard InChI is InChI=1S/C15H16O4S/c1-18-15(17)14-12(19-9-5-8-16)10-13(20-14)11-6-3-2-4-7-11/h2-4,6-7,10,16H,5,8-9H2,1H3. The predicted molar refractivity (Wildman–Crippen MR) is 78.3 cm³/mol. The Balaban J connectivity index is 2.29. The number of thiophene rings is 1. The molecule has 0 saturated carbocycles. The molecule has 0 spiro atoms. The fraction of sp³-hybridized carbons (Fsp3) is 0.267. The van der Waals surface area contributed by atoms with Crippen LogP contribution in [0, 0.1) is 0 Å². The Labute approximate surface area is 121 Å². The second kappa shape index (κ2) is 7.07. The number of carbonyl (C=O) groups excluding carboxylic acids is 1. The van der Waals surface area contributed by atoms with Gasteiger partial charge in [-0.05, 0) is 11.6 Å². The van der Waals surface area contributed by atoms with E-state index in [4.69, 9.17) is 14.6 Å². The highest BCUT2D eigenvalue weighted by Crippen LogP contribution is 2.36. The van der Waals surface area contributed by atoms with Gasteiger partial charge in [0.2, 0.25) is 0 Å². The molecular weight excluding hydrogens is 276 g/mol. The van der Waals surface area contributed by atoms with Gasteiger partial charge in [-0.3, -0.25) is 0 Å². The number of rotatable bonds is 6. The lowest BCUT2D eigenvalue weighted by Gasteiger charge is -2.04. The summed E-state index contributed by atoms with van der Waals surface area (Å²) in [4.78, 5) is 13.2. The molecule has 0 bridgehead atoms. The Hall–Kier alpha value is -1.85. The van der Waals surface area contributed by atoms with Crippen LogP contribution in [-0.4, -0.2) is 31.4 Å². The van der Waals surface area contributed by atoms with E-state index in [1.807, 2.05) is 36.4 Å². The van der Waals surface area contributed by atoms with E-state index in [1.165, 1.54) is 18.4 Å². The number of carbonyl (C=O) groups is 1. The molecule has 0 unspecified atom stereocenters. The Kier molecular flexibility index (Phi) is 5.15. The predicted octanol–water partition coefficient (Wildman–Crippen LogP) is 2.96. The van der Waals surface area contributed by atoms with Crippen LogP contribution in [-0.2, 0) is 4.74 Å². The van der Waals surface area contributed by atoms with Gasteiger partial charge in [0.05, 0.1) is 13.7 Å². The molecule has 5 heteroatoms. The van der Waals surface area contributed by atoms with Crippen LogP contribution >= 0.6 is 11.3 Å². The van der Waals surface area contributed by atoms with Gasteiger partial charge in [-0.25, -0.2) is 4.79 Å². The molecule has 0 aliphatic heterocycles. The van der Waals surface area contributed by atoms with E-state index in [9.17, 15) is 4.79 Å². The van der Waals surface area contributed by atoms with Crippen LogP contribution in [0.25, 0.3) is 10.4 Å². The summed E-state index contributed by atoms with van der Waals surface area (Å²) in [6, 6.07) is 11.6. The lowest BCUT2D eigenvalue weighted by atomic mass is 10.2. The quantitative estimate of drug-likeness (QED) is 0.657. The molecule has 20 heavy (non-hydrogen) atoms. The number of methoxy groups -OCH3 is 1. The highest BCUT2D eigenvalue weighted by molar-refractivity contribution is 7.17. The van der Waals surface area contributed by atoms with E-state index in [0.717, 1.165) is 10.4 Å². The third kappa shape index (κ3) is 3.37. The molecule has 0 fully saturated rings. The Morgan fingerprint density at radius 2 is 2.05 bits per heavy atom. The lowest BCUT2D eigenvalue weighted by molar-refractivity contribution is 0.0602. The van der Waals surface area contributed by atoms with Crippen LogP contribution in [0.15, 0.2) is 36.4 Å². The maximum atomic E-state index is 11.8. The van der Waals surface area contributed by atoms with E-state index in [2.05, 4.69) is 0 Å². The van der Waals surface area contributed by atoms with E-state index >= 15 is 0 Å². The lowest BCUT2D eigenvalue weighted by Crippen LogP contribution is -2.04. The topological polar surface area (TPSA) is 55.8 Å². The van der Waals surface area contributed by atoms with Crippen LogP contribution in [0.5, 0.6) is 5.75 Å². The molecular formula is C15H16O4S. The average molecular weight is 292 g/mol. The van der Waals surface area contributed by atoms with Gasteiger partial charge >= 0.3 is 5.97 Å². The van der Waals surface area contributed by atoms with Gasteiger partial charge in [0.15, 0.2) is 4.88 Å². The summed E-state index contributed by atoms with van der Waals surface area (Å²) < 4.78 is 10.3. The molecule has 0 amide bonds. The van der Waals surface area contributed by atoms with Crippen LogP contribution in [0.3, 0.4) is 0 Å². The zero-order valence-electron chi connectivity index (χ0n) is 11.2. The van der Waals surface area contributed by atoms with Crippen molar-refractivity contribution in [3.05, 3.63) is 41.3 Å². The van der Waals surface area contributed by atoms with E-state index in [0.29, 0.717) is 23.7 Å². The van der Waals surface area contributed by atoms with Gasteiger partial charge in [-0.2, -0.15) is 0 Å². The van der Waals surface area contributed by atoms with Crippen molar-refractivity contribution in [1.82, 2.24) is 0 Å². The summed E-state index contributed by atoms with van der Waals surface area (Å²) in [5, 5.41) is 8.78. The molecule has 106 valence electrons. The van der Waals surface area contributed by atoms with E-state index in [-0.39, 0.29) is 6.61 Å². The van der Waals surface area contributed by atoms with Gasteiger partial charge in [-0.1, -0.05) is 30.3 Å². The minimum atomic E-state index is -0.406. The van der Waals surface area contributed by atoms with Crippen molar-refractivity contribution in [2.75, 3.05) is 20.3 Å². The highest BCUT2D eigenvalue weighted by Gasteiger charge is 2.18. The molecule has 0 aliphatic carbocycles. The molecule has 4 nitrogen and oxygen atoms in total. The van der Waals surface area contributed by atoms with Crippen molar-refractivity contribution in [2.24, 2.45) is 0 Å². The van der Waals surface area contributed by atoms with Crippen molar-refractivity contribution in [2.45, 2.75) is 6.42 Å². The first kappa shape index (κ1) is 14.6. The van der Waals surface area contributed by atoms with Gasteiger partial charge in [0, 0.05) is 17.9 Å². The van der Waals surface area contributed by atoms with Crippen LogP contribution < -0.4 is 4.74 Å². The van der Waals surface area contributed by atoms with Crippen molar-refractivity contribution >= 4 is 17.3 Å². The third-order valence-electron chi connectivity index (χ3n) is 2.69. The second-order valence-corrected chi connectivity index (χ2v) is 5.14. The molecule has 0 radical (unpaired) electrons. The number of aliphatic hydroxyl groups is 1. The number of esters is 1. The average Bonchev–Trinajstić information content (AvgIpc) is 2.92. The number of ether oxygens (including phenoxy) is 2. The SMILES string of the molecule is COC(=O)c1sc(-c2ccccc2)cc1OCCCO. The molecule has 0 aliphatic rings. The Morgan fingerprint density at radius 1 is 1.30 bits per heavy atom. The maximum absolute atomic E-state index is 11.8. The van der Waals surface area contributed by atoms with Crippen molar-refractivity contribution in [3.8, 4) is 16.2 Å². The molecule has 1 aromatic carbocycles. The fourth-order valence-electron chi connectivity index (χ4n) is 1.71. The number of benzene rings is 1. The summed E-state index contributed by atoms with van der Waals surface area (Å²) in [5.41, 5.74) is 1.03. The summed E-state index contributed by atoms with van der Waals surface area (Å²) in [7, 11) is 1.35. The molecule has 1 N–H and O–H groups in total. The molecule has 2 rings (SSSR count). The van der Waals surface area contributed by atoms with Crippen LogP contribution in [0.2, 0.25) is 0 Å². The minimum Gasteiger partial charge on any atom is -0.492 e. The van der Waals surface area contributed by atoms with Crippen molar-refractivity contribution in [1.29, 1.82) is 0 Å². The first-order valence-electron chi connectivity index (χ1n) is 6.27. The number of hydrogen-bond acceptors (Lipinski definition) is 5. The first-order chi connectivity index (χ1) is 9.76. The van der Waals surface area contributed by atoms with Crippen molar-refractivity contribution in [3.63, 3.8) is 0 Å². The molecule has 1 heterocycles. The molecule has 2 aromatic rings. The van der Waals surface area contributed by atoms with Crippen LogP contribution in [0.1, 0.15) is 16.1 Å². The summed E-state index contributed by atoms with van der Waals surface area (Å²) in [6.45, 7) is 0.425. The van der Waals surface area contributed by atoms with E-state index in [1.54, 1.807) is 0 Å².